The third-order valence-corrected chi connectivity index (χ3v) is 3.97. The summed E-state index contributed by atoms with van der Waals surface area (Å²) in [7, 11) is 4.25. The SMILES string of the molecule is CC.COCCCCN(C)c1cc(C(=O)OC)c(C(F)(F)F)cc1OC(C)(C)C=O. The maximum absolute atomic E-state index is 13.5. The second kappa shape index (κ2) is 12.4. The Morgan fingerprint density at radius 2 is 1.73 bits per heavy atom. The van der Waals surface area contributed by atoms with Gasteiger partial charge in [0.15, 0.2) is 11.9 Å². The van der Waals surface area contributed by atoms with Crippen LogP contribution in [0.4, 0.5) is 18.9 Å². The van der Waals surface area contributed by atoms with Crippen LogP contribution in [0.2, 0.25) is 0 Å². The maximum Gasteiger partial charge on any atom is 0.417 e. The third kappa shape index (κ3) is 8.22. The number of alkyl halides is 3. The first-order chi connectivity index (χ1) is 14.0. The molecule has 6 nitrogen and oxygen atoms in total. The van der Waals surface area contributed by atoms with Gasteiger partial charge >= 0.3 is 12.1 Å². The lowest BCUT2D eigenvalue weighted by molar-refractivity contribution is -0.138. The van der Waals surface area contributed by atoms with Gasteiger partial charge in [0, 0.05) is 27.3 Å². The zero-order chi connectivity index (χ0) is 23.5. The molecule has 0 heterocycles. The van der Waals surface area contributed by atoms with E-state index in [1.165, 1.54) is 13.8 Å². The Morgan fingerprint density at radius 1 is 1.13 bits per heavy atom. The second-order valence-electron chi connectivity index (χ2n) is 6.80. The van der Waals surface area contributed by atoms with Crippen molar-refractivity contribution in [2.75, 3.05) is 39.3 Å². The van der Waals surface area contributed by atoms with Crippen molar-refractivity contribution < 1.29 is 37.0 Å². The number of unbranched alkanes of at least 4 members (excludes halogenated alkanes) is 1. The van der Waals surface area contributed by atoms with Crippen molar-refractivity contribution >= 4 is 17.9 Å². The molecule has 0 unspecified atom stereocenters. The predicted octanol–water partition coefficient (Wildman–Crippen LogP) is 4.74. The summed E-state index contributed by atoms with van der Waals surface area (Å²) < 4.78 is 55.5. The van der Waals surface area contributed by atoms with E-state index in [4.69, 9.17) is 9.47 Å². The third-order valence-electron chi connectivity index (χ3n) is 3.97. The lowest BCUT2D eigenvalue weighted by Crippen LogP contribution is -2.31. The number of ether oxygens (including phenoxy) is 3. The molecule has 30 heavy (non-hydrogen) atoms. The highest BCUT2D eigenvalue weighted by Gasteiger charge is 2.38. The molecule has 0 saturated heterocycles. The number of hydrogen-bond acceptors (Lipinski definition) is 6. The number of rotatable bonds is 10. The minimum Gasteiger partial charge on any atom is -0.478 e. The first kappa shape index (κ1) is 27.7. The van der Waals surface area contributed by atoms with Crippen LogP contribution in [-0.4, -0.2) is 52.3 Å². The zero-order valence-corrected chi connectivity index (χ0v) is 18.7. The summed E-state index contributed by atoms with van der Waals surface area (Å²) in [6.45, 7) is 7.90. The zero-order valence-electron chi connectivity index (χ0n) is 18.7. The first-order valence-electron chi connectivity index (χ1n) is 9.65. The fourth-order valence-corrected chi connectivity index (χ4v) is 2.49. The molecule has 0 fully saturated rings. The highest BCUT2D eigenvalue weighted by molar-refractivity contribution is 5.93. The minimum atomic E-state index is -4.80. The first-order valence-corrected chi connectivity index (χ1v) is 9.65. The summed E-state index contributed by atoms with van der Waals surface area (Å²) in [5.74, 6) is -1.26. The van der Waals surface area contributed by atoms with Crippen molar-refractivity contribution in [3.8, 4) is 5.75 Å². The van der Waals surface area contributed by atoms with E-state index in [0.29, 0.717) is 25.9 Å². The largest absolute Gasteiger partial charge is 0.478 e. The lowest BCUT2D eigenvalue weighted by atomic mass is 10.0. The van der Waals surface area contributed by atoms with Gasteiger partial charge in [-0.1, -0.05) is 13.8 Å². The molecule has 0 bridgehead atoms. The van der Waals surface area contributed by atoms with Crippen molar-refractivity contribution in [3.63, 3.8) is 0 Å². The average Bonchev–Trinajstić information content (AvgIpc) is 2.70. The van der Waals surface area contributed by atoms with Crippen LogP contribution in [-0.2, 0) is 20.4 Å². The number of methoxy groups -OCH3 is 2. The van der Waals surface area contributed by atoms with Gasteiger partial charge in [-0.3, -0.25) is 4.79 Å². The van der Waals surface area contributed by atoms with Crippen molar-refractivity contribution in [2.24, 2.45) is 0 Å². The molecule has 0 aromatic heterocycles. The van der Waals surface area contributed by atoms with Gasteiger partial charge in [0.2, 0.25) is 0 Å². The van der Waals surface area contributed by atoms with E-state index in [1.807, 2.05) is 13.8 Å². The molecular formula is C21H32F3NO5. The van der Waals surface area contributed by atoms with Crippen LogP contribution < -0.4 is 9.64 Å². The van der Waals surface area contributed by atoms with Crippen molar-refractivity contribution in [3.05, 3.63) is 23.3 Å². The highest BCUT2D eigenvalue weighted by atomic mass is 19.4. The van der Waals surface area contributed by atoms with Crippen LogP contribution in [0, 0.1) is 0 Å². The van der Waals surface area contributed by atoms with E-state index in [9.17, 15) is 22.8 Å². The van der Waals surface area contributed by atoms with Gasteiger partial charge in [-0.2, -0.15) is 13.2 Å². The number of carbonyl (C=O) groups excluding carboxylic acids is 2. The molecule has 0 aliphatic carbocycles. The molecule has 0 aliphatic rings. The van der Waals surface area contributed by atoms with Gasteiger partial charge in [-0.05, 0) is 38.8 Å². The molecule has 0 amide bonds. The molecule has 9 heteroatoms. The number of anilines is 1. The Balaban J connectivity index is 0.00000407. The van der Waals surface area contributed by atoms with Crippen LogP contribution in [0.1, 0.15) is 56.5 Å². The molecule has 1 aromatic carbocycles. The van der Waals surface area contributed by atoms with E-state index >= 15 is 0 Å². The van der Waals surface area contributed by atoms with Crippen molar-refractivity contribution in [1.29, 1.82) is 0 Å². The van der Waals surface area contributed by atoms with Crippen LogP contribution in [0.3, 0.4) is 0 Å². The quantitative estimate of drug-likeness (QED) is 0.301. The monoisotopic (exact) mass is 435 g/mol. The molecule has 0 saturated carbocycles. The van der Waals surface area contributed by atoms with Crippen molar-refractivity contribution in [1.82, 2.24) is 0 Å². The fraction of sp³-hybridized carbons (Fsp3) is 0.619. The van der Waals surface area contributed by atoms with Gasteiger partial charge in [0.1, 0.15) is 5.75 Å². The summed E-state index contributed by atoms with van der Waals surface area (Å²) >= 11 is 0. The molecule has 0 aliphatic heterocycles. The molecular weight excluding hydrogens is 403 g/mol. The molecule has 1 aromatic rings. The van der Waals surface area contributed by atoms with E-state index in [-0.39, 0.29) is 11.4 Å². The van der Waals surface area contributed by atoms with Gasteiger partial charge < -0.3 is 19.1 Å². The minimum absolute atomic E-state index is 0.147. The Bertz CT molecular complexity index is 690. The molecule has 0 N–H and O–H groups in total. The number of hydrogen-bond donors (Lipinski definition) is 0. The second-order valence-corrected chi connectivity index (χ2v) is 6.80. The van der Waals surface area contributed by atoms with Crippen LogP contribution in [0.5, 0.6) is 5.75 Å². The fourth-order valence-electron chi connectivity index (χ4n) is 2.49. The summed E-state index contributed by atoms with van der Waals surface area (Å²) in [5, 5.41) is 0. The molecule has 0 radical (unpaired) electrons. The van der Waals surface area contributed by atoms with E-state index < -0.39 is 28.9 Å². The number of esters is 1. The number of benzene rings is 1. The topological polar surface area (TPSA) is 65.1 Å². The summed E-state index contributed by atoms with van der Waals surface area (Å²) in [4.78, 5) is 24.8. The Morgan fingerprint density at radius 3 is 2.20 bits per heavy atom. The van der Waals surface area contributed by atoms with E-state index in [1.54, 1.807) is 19.1 Å². The van der Waals surface area contributed by atoms with Gasteiger partial charge in [0.25, 0.3) is 0 Å². The Hall–Kier alpha value is -2.29. The van der Waals surface area contributed by atoms with Crippen LogP contribution >= 0.6 is 0 Å². The summed E-state index contributed by atoms with van der Waals surface area (Å²) in [6.07, 6.45) is -2.85. The van der Waals surface area contributed by atoms with Gasteiger partial charge in [-0.15, -0.1) is 0 Å². The van der Waals surface area contributed by atoms with Crippen LogP contribution in [0.25, 0.3) is 0 Å². The maximum atomic E-state index is 13.5. The number of nitrogens with zero attached hydrogens (tertiary/aromatic N) is 1. The summed E-state index contributed by atoms with van der Waals surface area (Å²) in [5.41, 5.74) is -2.90. The normalized spacial score (nSPS) is 11.3. The Labute approximate surface area is 176 Å². The van der Waals surface area contributed by atoms with Crippen molar-refractivity contribution in [2.45, 2.75) is 52.3 Å². The van der Waals surface area contributed by atoms with Gasteiger partial charge in [-0.25, -0.2) is 4.79 Å². The van der Waals surface area contributed by atoms with E-state index in [2.05, 4.69) is 4.74 Å². The van der Waals surface area contributed by atoms with Gasteiger partial charge in [0.05, 0.1) is 23.9 Å². The number of halogens is 3. The summed E-state index contributed by atoms with van der Waals surface area (Å²) in [6, 6.07) is 1.82. The average molecular weight is 435 g/mol. The molecule has 0 atom stereocenters. The molecule has 0 spiro atoms. The Kier molecular flexibility index (Phi) is 11.5. The number of carbonyl (C=O) groups is 2. The lowest BCUT2D eigenvalue weighted by Gasteiger charge is -2.28. The highest BCUT2D eigenvalue weighted by Crippen LogP contribution is 2.40. The molecule has 1 rings (SSSR count). The number of aldehydes is 1. The smallest absolute Gasteiger partial charge is 0.417 e. The van der Waals surface area contributed by atoms with E-state index in [0.717, 1.165) is 25.7 Å². The molecule has 172 valence electrons. The standard InChI is InChI=1S/C19H26F3NO5.C2H6/c1-18(2,12-24)28-16-11-14(19(20,21)22)13(17(25)27-5)10-15(16)23(3)8-6-7-9-26-4;1-2/h10-12H,6-9H2,1-5H3;1-2H3. The van der Waals surface area contributed by atoms with Crippen LogP contribution in [0.15, 0.2) is 12.1 Å². The predicted molar refractivity (Wildman–Crippen MR) is 109 cm³/mol.